The zero-order valence-electron chi connectivity index (χ0n) is 10.0. The van der Waals surface area contributed by atoms with Gasteiger partial charge in [0, 0.05) is 4.90 Å². The molecule has 1 N–H and O–H groups in total. The Labute approximate surface area is 119 Å². The molecule has 0 aliphatic heterocycles. The molecule has 0 fully saturated rings. The first-order chi connectivity index (χ1) is 9.16. The number of rotatable bonds is 4. The summed E-state index contributed by atoms with van der Waals surface area (Å²) < 4.78 is 11.9. The number of nitrogens with one attached hydrogen (secondary N) is 1. The van der Waals surface area contributed by atoms with Crippen molar-refractivity contribution in [3.63, 3.8) is 0 Å². The zero-order valence-corrected chi connectivity index (χ0v) is 11.6. The maximum atomic E-state index is 11.9. The van der Waals surface area contributed by atoms with E-state index in [4.69, 9.17) is 11.6 Å². The number of hydrogen-bond donors (Lipinski definition) is 1. The van der Waals surface area contributed by atoms with Crippen LogP contribution in [0.2, 0.25) is 5.02 Å². The fraction of sp³-hybridized carbons (Fsp3) is 0.0714. The molecule has 0 saturated carbocycles. The van der Waals surface area contributed by atoms with Gasteiger partial charge < -0.3 is 5.32 Å². The van der Waals surface area contributed by atoms with Gasteiger partial charge in [0.2, 0.25) is 5.91 Å². The molecule has 19 heavy (non-hydrogen) atoms. The summed E-state index contributed by atoms with van der Waals surface area (Å²) in [5.41, 5.74) is 0.527. The van der Waals surface area contributed by atoms with Gasteiger partial charge >= 0.3 is 0 Å². The van der Waals surface area contributed by atoms with Crippen molar-refractivity contribution in [3.05, 3.63) is 59.6 Å². The highest BCUT2D eigenvalue weighted by Gasteiger charge is 2.11. The summed E-state index contributed by atoms with van der Waals surface area (Å²) >= 11 is 5.93. The minimum atomic E-state index is -1.35. The first-order valence-electron chi connectivity index (χ1n) is 5.64. The summed E-state index contributed by atoms with van der Waals surface area (Å²) in [6, 6.07) is 15.8. The second kappa shape index (κ2) is 6.50. The molecule has 1 unspecified atom stereocenters. The van der Waals surface area contributed by atoms with Gasteiger partial charge in [-0.05, 0) is 24.3 Å². The van der Waals surface area contributed by atoms with Crippen LogP contribution in [0.4, 0.5) is 5.69 Å². The van der Waals surface area contributed by atoms with Gasteiger partial charge in [-0.15, -0.1) is 0 Å². The number of benzene rings is 2. The lowest BCUT2D eigenvalue weighted by atomic mass is 10.3. The molecule has 5 heteroatoms. The lowest BCUT2D eigenvalue weighted by molar-refractivity contribution is -0.113. The maximum Gasteiger partial charge on any atom is 0.237 e. The van der Waals surface area contributed by atoms with Gasteiger partial charge in [-0.1, -0.05) is 41.9 Å². The van der Waals surface area contributed by atoms with Gasteiger partial charge in [-0.25, -0.2) is 0 Å². The van der Waals surface area contributed by atoms with Crippen LogP contribution in [0.1, 0.15) is 0 Å². The Hall–Kier alpha value is -1.65. The maximum absolute atomic E-state index is 11.9. The van der Waals surface area contributed by atoms with Crippen molar-refractivity contribution in [2.45, 2.75) is 4.90 Å². The molecule has 2 rings (SSSR count). The third-order valence-electron chi connectivity index (χ3n) is 2.42. The summed E-state index contributed by atoms with van der Waals surface area (Å²) in [4.78, 5) is 12.4. The lowest BCUT2D eigenvalue weighted by Gasteiger charge is -2.06. The van der Waals surface area contributed by atoms with Crippen LogP contribution in [0.5, 0.6) is 0 Å². The van der Waals surface area contributed by atoms with Gasteiger partial charge in [0.15, 0.2) is 0 Å². The molecule has 1 amide bonds. The Bertz CT molecular complexity index is 601. The molecule has 3 nitrogen and oxygen atoms in total. The smallest absolute Gasteiger partial charge is 0.237 e. The van der Waals surface area contributed by atoms with Crippen LogP contribution in [0.25, 0.3) is 0 Å². The van der Waals surface area contributed by atoms with E-state index in [2.05, 4.69) is 5.32 Å². The normalized spacial score (nSPS) is 11.8. The van der Waals surface area contributed by atoms with Crippen LogP contribution in [-0.4, -0.2) is 15.9 Å². The average molecular weight is 294 g/mol. The fourth-order valence-electron chi connectivity index (χ4n) is 1.52. The van der Waals surface area contributed by atoms with Crippen molar-refractivity contribution in [2.75, 3.05) is 11.1 Å². The Morgan fingerprint density at radius 2 is 1.68 bits per heavy atom. The van der Waals surface area contributed by atoms with Crippen LogP contribution in [0, 0.1) is 0 Å². The number of carbonyl (C=O) groups is 1. The second-order valence-corrected chi connectivity index (χ2v) is 5.69. The minimum absolute atomic E-state index is 0.0881. The Morgan fingerprint density at radius 1 is 1.05 bits per heavy atom. The lowest BCUT2D eigenvalue weighted by Crippen LogP contribution is -2.19. The molecule has 2 aromatic rings. The zero-order chi connectivity index (χ0) is 13.7. The predicted octanol–water partition coefficient (Wildman–Crippen LogP) is 3.09. The SMILES string of the molecule is O=C(CS(=O)c1ccccc1)Nc1ccccc1Cl. The monoisotopic (exact) mass is 293 g/mol. The third-order valence-corrected chi connectivity index (χ3v) is 4.07. The Balaban J connectivity index is 1.99. The van der Waals surface area contributed by atoms with E-state index >= 15 is 0 Å². The van der Waals surface area contributed by atoms with Crippen molar-refractivity contribution in [3.8, 4) is 0 Å². The number of halogens is 1. The van der Waals surface area contributed by atoms with Gasteiger partial charge in [0.05, 0.1) is 21.5 Å². The number of para-hydroxylation sites is 1. The summed E-state index contributed by atoms with van der Waals surface area (Å²) in [6.45, 7) is 0. The Morgan fingerprint density at radius 3 is 2.37 bits per heavy atom. The van der Waals surface area contributed by atoms with E-state index < -0.39 is 10.8 Å². The number of hydrogen-bond acceptors (Lipinski definition) is 2. The minimum Gasteiger partial charge on any atom is -0.324 e. The summed E-state index contributed by atoms with van der Waals surface area (Å²) in [5, 5.41) is 3.11. The van der Waals surface area contributed by atoms with Gasteiger partial charge in [-0.3, -0.25) is 9.00 Å². The predicted molar refractivity (Wildman–Crippen MR) is 77.8 cm³/mol. The standard InChI is InChI=1S/C14H12ClNO2S/c15-12-8-4-5-9-13(12)16-14(17)10-19(18)11-6-2-1-3-7-11/h1-9H,10H2,(H,16,17). The first kappa shape index (κ1) is 13.8. The van der Waals surface area contributed by atoms with Gasteiger partial charge in [0.25, 0.3) is 0 Å². The highest BCUT2D eigenvalue weighted by atomic mass is 35.5. The van der Waals surface area contributed by atoms with Gasteiger partial charge in [-0.2, -0.15) is 0 Å². The summed E-state index contributed by atoms with van der Waals surface area (Å²) in [6.07, 6.45) is 0. The number of amides is 1. The molecule has 1 atom stereocenters. The molecule has 0 radical (unpaired) electrons. The molecular weight excluding hydrogens is 282 g/mol. The van der Waals surface area contributed by atoms with E-state index in [1.54, 1.807) is 48.5 Å². The molecule has 0 aliphatic carbocycles. The van der Waals surface area contributed by atoms with Gasteiger partial charge in [0.1, 0.15) is 5.75 Å². The molecule has 2 aromatic carbocycles. The van der Waals surface area contributed by atoms with Crippen LogP contribution < -0.4 is 5.32 Å². The molecule has 0 aromatic heterocycles. The average Bonchev–Trinajstić information content (AvgIpc) is 2.42. The number of carbonyl (C=O) groups excluding carboxylic acids is 1. The second-order valence-electron chi connectivity index (χ2n) is 3.83. The van der Waals surface area contributed by atoms with Crippen LogP contribution >= 0.6 is 11.6 Å². The highest BCUT2D eigenvalue weighted by molar-refractivity contribution is 7.85. The third kappa shape index (κ3) is 3.91. The largest absolute Gasteiger partial charge is 0.324 e. The molecule has 0 spiro atoms. The Kier molecular flexibility index (Phi) is 4.71. The van der Waals surface area contributed by atoms with E-state index in [-0.39, 0.29) is 11.7 Å². The van der Waals surface area contributed by atoms with Crippen LogP contribution in [-0.2, 0) is 15.6 Å². The van der Waals surface area contributed by atoms with E-state index in [9.17, 15) is 9.00 Å². The quantitative estimate of drug-likeness (QED) is 0.941. The van der Waals surface area contributed by atoms with Crippen LogP contribution in [0.15, 0.2) is 59.5 Å². The molecule has 0 aliphatic rings. The van der Waals surface area contributed by atoms with Crippen LogP contribution in [0.3, 0.4) is 0 Å². The molecule has 0 saturated heterocycles. The number of anilines is 1. The van der Waals surface area contributed by atoms with E-state index in [0.717, 1.165) is 0 Å². The summed E-state index contributed by atoms with van der Waals surface area (Å²) in [5.74, 6) is -0.412. The summed E-state index contributed by atoms with van der Waals surface area (Å²) in [7, 11) is -1.35. The fourth-order valence-corrected chi connectivity index (χ4v) is 2.64. The van der Waals surface area contributed by atoms with Crippen molar-refractivity contribution >= 4 is 34.0 Å². The highest BCUT2D eigenvalue weighted by Crippen LogP contribution is 2.20. The molecular formula is C14H12ClNO2S. The first-order valence-corrected chi connectivity index (χ1v) is 7.34. The van der Waals surface area contributed by atoms with Crippen molar-refractivity contribution in [1.29, 1.82) is 0 Å². The topological polar surface area (TPSA) is 46.2 Å². The van der Waals surface area contributed by atoms with Crippen molar-refractivity contribution < 1.29 is 9.00 Å². The van der Waals surface area contributed by atoms with E-state index in [0.29, 0.717) is 15.6 Å². The molecule has 0 bridgehead atoms. The van der Waals surface area contributed by atoms with Crippen molar-refractivity contribution in [2.24, 2.45) is 0 Å². The molecule has 98 valence electrons. The van der Waals surface area contributed by atoms with E-state index in [1.807, 2.05) is 6.07 Å². The van der Waals surface area contributed by atoms with Crippen molar-refractivity contribution in [1.82, 2.24) is 0 Å². The molecule has 0 heterocycles. The van der Waals surface area contributed by atoms with E-state index in [1.165, 1.54) is 0 Å².